The fourth-order valence-corrected chi connectivity index (χ4v) is 4.60. The number of thiophene rings is 1. The molecule has 1 heterocycles. The van der Waals surface area contributed by atoms with E-state index in [1.165, 1.54) is 11.3 Å². The Morgan fingerprint density at radius 2 is 1.91 bits per heavy atom. The molecular weight excluding hydrogens is 330 g/mol. The molecule has 0 bridgehead atoms. The Balaban J connectivity index is 1.81. The largest absolute Gasteiger partial charge is 0.388 e. The first-order valence-electron chi connectivity index (χ1n) is 7.67. The quantitative estimate of drug-likeness (QED) is 0.763. The van der Waals surface area contributed by atoms with Crippen molar-refractivity contribution in [2.24, 2.45) is 5.92 Å². The molecule has 2 N–H and O–H groups in total. The molecular formula is C17H23NO3S2. The van der Waals surface area contributed by atoms with Crippen LogP contribution in [0, 0.1) is 12.8 Å². The number of benzene rings is 1. The highest BCUT2D eigenvalue weighted by molar-refractivity contribution is 7.91. The van der Waals surface area contributed by atoms with Crippen LogP contribution in [-0.2, 0) is 10.0 Å². The summed E-state index contributed by atoms with van der Waals surface area (Å²) in [4.78, 5) is 0. The van der Waals surface area contributed by atoms with Crippen molar-refractivity contribution < 1.29 is 13.5 Å². The van der Waals surface area contributed by atoms with Gasteiger partial charge in [0, 0.05) is 6.54 Å². The van der Waals surface area contributed by atoms with Crippen LogP contribution in [0.4, 0.5) is 0 Å². The van der Waals surface area contributed by atoms with Gasteiger partial charge in [-0.1, -0.05) is 37.3 Å². The Labute approximate surface area is 142 Å². The summed E-state index contributed by atoms with van der Waals surface area (Å²) in [5.74, 6) is 0.156. The first kappa shape index (κ1) is 18.1. The van der Waals surface area contributed by atoms with Gasteiger partial charge in [-0.3, -0.25) is 0 Å². The molecule has 0 fully saturated rings. The maximum absolute atomic E-state index is 12.1. The van der Waals surface area contributed by atoms with Crippen LogP contribution in [0.1, 0.15) is 37.0 Å². The summed E-state index contributed by atoms with van der Waals surface area (Å²) in [5.41, 5.74) is 2.02. The van der Waals surface area contributed by atoms with Gasteiger partial charge in [0.05, 0.1) is 6.10 Å². The molecule has 0 aliphatic heterocycles. The monoisotopic (exact) mass is 353 g/mol. The van der Waals surface area contributed by atoms with Crippen molar-refractivity contribution in [1.29, 1.82) is 0 Å². The number of nitrogens with one attached hydrogen (secondary N) is 1. The SMILES string of the molecule is Cc1ccccc1C(O)CC[C@H](C)CNS(=O)(=O)c1cccs1. The lowest BCUT2D eigenvalue weighted by atomic mass is 9.96. The van der Waals surface area contributed by atoms with Gasteiger partial charge >= 0.3 is 0 Å². The Bertz CT molecular complexity index is 711. The highest BCUT2D eigenvalue weighted by Gasteiger charge is 2.17. The molecule has 0 saturated heterocycles. The van der Waals surface area contributed by atoms with Gasteiger partial charge in [0.2, 0.25) is 10.0 Å². The van der Waals surface area contributed by atoms with Gasteiger partial charge in [0.15, 0.2) is 0 Å². The van der Waals surface area contributed by atoms with Gasteiger partial charge < -0.3 is 5.11 Å². The van der Waals surface area contributed by atoms with E-state index in [1.807, 2.05) is 38.1 Å². The second-order valence-corrected chi connectivity index (χ2v) is 8.78. The summed E-state index contributed by atoms with van der Waals surface area (Å²) in [6.07, 6.45) is 0.863. The maximum Gasteiger partial charge on any atom is 0.250 e. The molecule has 0 aliphatic carbocycles. The predicted octanol–water partition coefficient (Wildman–Crippen LogP) is 3.48. The smallest absolute Gasteiger partial charge is 0.250 e. The lowest BCUT2D eigenvalue weighted by Crippen LogP contribution is -2.28. The number of aliphatic hydroxyl groups excluding tert-OH is 1. The summed E-state index contributed by atoms with van der Waals surface area (Å²) in [6.45, 7) is 4.35. The zero-order valence-electron chi connectivity index (χ0n) is 13.4. The Morgan fingerprint density at radius 3 is 2.57 bits per heavy atom. The molecule has 2 aromatic rings. The molecule has 4 nitrogen and oxygen atoms in total. The number of aliphatic hydroxyl groups is 1. The van der Waals surface area contributed by atoms with Crippen molar-refractivity contribution >= 4 is 21.4 Å². The third-order valence-corrected chi connectivity index (χ3v) is 6.68. The van der Waals surface area contributed by atoms with E-state index in [0.29, 0.717) is 17.2 Å². The average molecular weight is 354 g/mol. The zero-order valence-corrected chi connectivity index (χ0v) is 15.0. The summed E-state index contributed by atoms with van der Waals surface area (Å²) in [7, 11) is -3.40. The van der Waals surface area contributed by atoms with Gasteiger partial charge in [-0.25, -0.2) is 13.1 Å². The number of sulfonamides is 1. The third-order valence-electron chi connectivity index (χ3n) is 3.86. The molecule has 0 radical (unpaired) electrons. The maximum atomic E-state index is 12.1. The lowest BCUT2D eigenvalue weighted by molar-refractivity contribution is 0.157. The molecule has 6 heteroatoms. The summed E-state index contributed by atoms with van der Waals surface area (Å²) in [5, 5.41) is 12.0. The fraction of sp³-hybridized carbons (Fsp3) is 0.412. The van der Waals surface area contributed by atoms with E-state index >= 15 is 0 Å². The van der Waals surface area contributed by atoms with Crippen molar-refractivity contribution in [2.75, 3.05) is 6.54 Å². The van der Waals surface area contributed by atoms with Crippen LogP contribution < -0.4 is 4.72 Å². The molecule has 23 heavy (non-hydrogen) atoms. The second-order valence-electron chi connectivity index (χ2n) is 5.84. The normalized spacial score (nSPS) is 14.6. The van der Waals surface area contributed by atoms with Crippen LogP contribution in [0.5, 0.6) is 0 Å². The molecule has 1 unspecified atom stereocenters. The molecule has 126 valence electrons. The van der Waals surface area contributed by atoms with Gasteiger partial charge in [-0.05, 0) is 48.3 Å². The van der Waals surface area contributed by atoms with E-state index in [9.17, 15) is 13.5 Å². The van der Waals surface area contributed by atoms with Crippen LogP contribution in [0.3, 0.4) is 0 Å². The van der Waals surface area contributed by atoms with Crippen LogP contribution in [0.25, 0.3) is 0 Å². The van der Waals surface area contributed by atoms with E-state index in [-0.39, 0.29) is 5.92 Å². The third kappa shape index (κ3) is 5.14. The zero-order chi connectivity index (χ0) is 16.9. The molecule has 0 aliphatic rings. The minimum Gasteiger partial charge on any atom is -0.388 e. The van der Waals surface area contributed by atoms with Crippen LogP contribution in [-0.4, -0.2) is 20.1 Å². The molecule has 2 atom stereocenters. The topological polar surface area (TPSA) is 66.4 Å². The molecule has 1 aromatic carbocycles. The number of aryl methyl sites for hydroxylation is 1. The van der Waals surface area contributed by atoms with E-state index in [4.69, 9.17) is 0 Å². The minimum atomic E-state index is -3.40. The summed E-state index contributed by atoms with van der Waals surface area (Å²) < 4.78 is 27.1. The predicted molar refractivity (Wildman–Crippen MR) is 94.0 cm³/mol. The minimum absolute atomic E-state index is 0.156. The van der Waals surface area contributed by atoms with Gasteiger partial charge in [-0.15, -0.1) is 11.3 Å². The van der Waals surface area contributed by atoms with Crippen molar-refractivity contribution in [3.05, 3.63) is 52.9 Å². The Kier molecular flexibility index (Phi) is 6.35. The van der Waals surface area contributed by atoms with E-state index in [1.54, 1.807) is 17.5 Å². The highest BCUT2D eigenvalue weighted by atomic mass is 32.2. The van der Waals surface area contributed by atoms with Crippen molar-refractivity contribution in [3.63, 3.8) is 0 Å². The summed E-state index contributed by atoms with van der Waals surface area (Å²) >= 11 is 1.21. The van der Waals surface area contributed by atoms with Crippen molar-refractivity contribution in [2.45, 2.75) is 37.0 Å². The summed E-state index contributed by atoms with van der Waals surface area (Å²) in [6, 6.07) is 11.1. The molecule has 0 saturated carbocycles. The van der Waals surface area contributed by atoms with E-state index in [2.05, 4.69) is 4.72 Å². The lowest BCUT2D eigenvalue weighted by Gasteiger charge is -2.17. The molecule has 0 spiro atoms. The standard InChI is InChI=1S/C17H23NO3S2/c1-13(12-18-23(20,21)17-8-5-11-22-17)9-10-16(19)15-7-4-3-6-14(15)2/h3-8,11,13,16,18-19H,9-10,12H2,1-2H3/t13-,16?/m0/s1. The average Bonchev–Trinajstić information content (AvgIpc) is 3.06. The van der Waals surface area contributed by atoms with Crippen LogP contribution in [0.2, 0.25) is 0 Å². The fourth-order valence-electron chi connectivity index (χ4n) is 2.40. The first-order chi connectivity index (χ1) is 10.9. The van der Waals surface area contributed by atoms with Gasteiger partial charge in [0.1, 0.15) is 4.21 Å². The van der Waals surface area contributed by atoms with Gasteiger partial charge in [0.25, 0.3) is 0 Å². The second kappa shape index (κ2) is 8.06. The Hall–Kier alpha value is -1.21. The van der Waals surface area contributed by atoms with Crippen LogP contribution >= 0.6 is 11.3 Å². The van der Waals surface area contributed by atoms with Crippen molar-refractivity contribution in [1.82, 2.24) is 4.72 Å². The Morgan fingerprint density at radius 1 is 1.17 bits per heavy atom. The highest BCUT2D eigenvalue weighted by Crippen LogP contribution is 2.23. The number of rotatable bonds is 8. The number of hydrogen-bond donors (Lipinski definition) is 2. The van der Waals surface area contributed by atoms with Crippen molar-refractivity contribution in [3.8, 4) is 0 Å². The van der Waals surface area contributed by atoms with E-state index < -0.39 is 16.1 Å². The van der Waals surface area contributed by atoms with E-state index in [0.717, 1.165) is 17.5 Å². The van der Waals surface area contributed by atoms with Crippen LogP contribution in [0.15, 0.2) is 46.0 Å². The first-order valence-corrected chi connectivity index (χ1v) is 10.0. The van der Waals surface area contributed by atoms with Gasteiger partial charge in [-0.2, -0.15) is 0 Å². The molecule has 2 rings (SSSR count). The number of hydrogen-bond acceptors (Lipinski definition) is 4. The molecule has 0 amide bonds. The molecule has 1 aromatic heterocycles.